The van der Waals surface area contributed by atoms with Crippen molar-refractivity contribution >= 4 is 39.1 Å². The van der Waals surface area contributed by atoms with Gasteiger partial charge in [0.25, 0.3) is 5.91 Å². The van der Waals surface area contributed by atoms with E-state index in [0.717, 1.165) is 42.1 Å². The Balaban J connectivity index is 1.23. The lowest BCUT2D eigenvalue weighted by molar-refractivity contribution is -0.147. The van der Waals surface area contributed by atoms with Gasteiger partial charge < -0.3 is 15.0 Å². The second kappa shape index (κ2) is 8.50. The number of ether oxygens (including phenoxy) is 1. The third kappa shape index (κ3) is 4.17. The number of thiophene rings is 1. The molecule has 1 aliphatic carbocycles. The number of carbonyl (C=O) groups excluding carboxylic acids is 2. The van der Waals surface area contributed by atoms with Crippen LogP contribution in [0.1, 0.15) is 40.8 Å². The molecule has 1 amide bonds. The summed E-state index contributed by atoms with van der Waals surface area (Å²) in [7, 11) is 0. The fourth-order valence-electron chi connectivity index (χ4n) is 3.75. The van der Waals surface area contributed by atoms with Gasteiger partial charge in [0.1, 0.15) is 11.1 Å². The predicted molar refractivity (Wildman–Crippen MR) is 112 cm³/mol. The van der Waals surface area contributed by atoms with Gasteiger partial charge in [-0.15, -0.1) is 11.3 Å². The van der Waals surface area contributed by atoms with E-state index in [1.54, 1.807) is 0 Å². The zero-order valence-corrected chi connectivity index (χ0v) is 16.7. The average molecular weight is 407 g/mol. The summed E-state index contributed by atoms with van der Waals surface area (Å²) in [6, 6.07) is 10.2. The fraction of sp³-hybridized carbons (Fsp3) is 0.318. The molecule has 1 aliphatic rings. The van der Waals surface area contributed by atoms with Crippen LogP contribution in [0.3, 0.4) is 0 Å². The minimum atomic E-state index is -0.411. The molecule has 0 atom stereocenters. The van der Waals surface area contributed by atoms with E-state index < -0.39 is 11.9 Å². The lowest BCUT2D eigenvalue weighted by Gasteiger charge is -2.06. The molecule has 0 fully saturated rings. The number of anilines is 1. The van der Waals surface area contributed by atoms with E-state index in [-0.39, 0.29) is 13.0 Å². The predicted octanol–water partition coefficient (Wildman–Crippen LogP) is 4.09. The van der Waals surface area contributed by atoms with Crippen molar-refractivity contribution in [1.82, 2.24) is 4.98 Å². The van der Waals surface area contributed by atoms with E-state index in [4.69, 9.17) is 4.74 Å². The highest BCUT2D eigenvalue weighted by Gasteiger charge is 2.23. The van der Waals surface area contributed by atoms with Crippen LogP contribution in [0.15, 0.2) is 30.5 Å². The van der Waals surface area contributed by atoms with Gasteiger partial charge in [-0.2, -0.15) is 5.26 Å². The number of fused-ring (bicyclic) bond motifs is 2. The Kier molecular flexibility index (Phi) is 5.63. The Hall–Kier alpha value is -3.11. The number of amides is 1. The number of nitrogens with zero attached hydrogens (tertiary/aromatic N) is 1. The minimum Gasteiger partial charge on any atom is -0.456 e. The summed E-state index contributed by atoms with van der Waals surface area (Å²) in [5.74, 6) is -0.805. The van der Waals surface area contributed by atoms with Crippen molar-refractivity contribution in [3.05, 3.63) is 52.0 Å². The van der Waals surface area contributed by atoms with Gasteiger partial charge >= 0.3 is 5.97 Å². The van der Waals surface area contributed by atoms with Crippen molar-refractivity contribution in [2.24, 2.45) is 0 Å². The maximum absolute atomic E-state index is 12.1. The van der Waals surface area contributed by atoms with Crippen molar-refractivity contribution in [1.29, 1.82) is 5.26 Å². The summed E-state index contributed by atoms with van der Waals surface area (Å²) >= 11 is 1.45. The van der Waals surface area contributed by atoms with Crippen molar-refractivity contribution < 1.29 is 14.3 Å². The first kappa shape index (κ1) is 19.2. The van der Waals surface area contributed by atoms with Gasteiger partial charge in [-0.1, -0.05) is 18.2 Å². The lowest BCUT2D eigenvalue weighted by atomic mass is 10.1. The number of aromatic nitrogens is 1. The Morgan fingerprint density at radius 1 is 1.28 bits per heavy atom. The molecule has 0 spiro atoms. The van der Waals surface area contributed by atoms with Gasteiger partial charge in [0.15, 0.2) is 6.61 Å². The van der Waals surface area contributed by atoms with Crippen LogP contribution in [0.5, 0.6) is 0 Å². The summed E-state index contributed by atoms with van der Waals surface area (Å²) in [6.45, 7) is -0.334. The van der Waals surface area contributed by atoms with Crippen LogP contribution < -0.4 is 5.32 Å². The van der Waals surface area contributed by atoms with E-state index in [1.165, 1.54) is 21.8 Å². The fourth-order valence-corrected chi connectivity index (χ4v) is 5.01. The summed E-state index contributed by atoms with van der Waals surface area (Å²) in [5.41, 5.74) is 3.86. The van der Waals surface area contributed by atoms with Crippen LogP contribution in [0, 0.1) is 11.3 Å². The highest BCUT2D eigenvalue weighted by Crippen LogP contribution is 2.38. The molecule has 6 nitrogen and oxygen atoms in total. The van der Waals surface area contributed by atoms with Crippen LogP contribution in [0.2, 0.25) is 0 Å². The van der Waals surface area contributed by atoms with E-state index >= 15 is 0 Å². The maximum atomic E-state index is 12.1. The molecule has 1 aromatic carbocycles. The molecule has 29 heavy (non-hydrogen) atoms. The Morgan fingerprint density at radius 2 is 2.14 bits per heavy atom. The number of hydrogen-bond acceptors (Lipinski definition) is 5. The van der Waals surface area contributed by atoms with Gasteiger partial charge in [-0.05, 0) is 49.3 Å². The topological polar surface area (TPSA) is 95.0 Å². The summed E-state index contributed by atoms with van der Waals surface area (Å²) in [6.07, 6.45) is 6.53. The van der Waals surface area contributed by atoms with Gasteiger partial charge in [0, 0.05) is 28.4 Å². The minimum absolute atomic E-state index is 0.254. The molecule has 148 valence electrons. The van der Waals surface area contributed by atoms with Crippen molar-refractivity contribution in [2.45, 2.75) is 38.5 Å². The monoisotopic (exact) mass is 407 g/mol. The number of esters is 1. The van der Waals surface area contributed by atoms with Gasteiger partial charge in [-0.25, -0.2) is 0 Å². The van der Waals surface area contributed by atoms with Crippen LogP contribution in [-0.4, -0.2) is 23.5 Å². The normalized spacial score (nSPS) is 12.5. The number of aromatic amines is 1. The zero-order chi connectivity index (χ0) is 20.2. The Bertz CT molecular complexity index is 1110. The molecule has 0 bridgehead atoms. The van der Waals surface area contributed by atoms with Gasteiger partial charge in [0.2, 0.25) is 0 Å². The molecule has 0 aliphatic heterocycles. The first-order valence-corrected chi connectivity index (χ1v) is 10.5. The standard InChI is InChI=1S/C22H21N3O3S/c23-11-17-16-7-4-9-19(16)29-22(17)25-20(26)13-28-21(27)10-3-5-14-12-24-18-8-2-1-6-15(14)18/h1-2,6,8,12,24H,3-5,7,9-10,13H2,(H,25,26). The van der Waals surface area contributed by atoms with E-state index in [9.17, 15) is 14.9 Å². The molecule has 2 N–H and O–H groups in total. The van der Waals surface area contributed by atoms with Crippen molar-refractivity contribution in [2.75, 3.05) is 11.9 Å². The second-order valence-corrected chi connectivity index (χ2v) is 8.20. The molecule has 0 saturated carbocycles. The second-order valence-electron chi connectivity index (χ2n) is 7.10. The Labute approximate surface area is 172 Å². The molecule has 3 aromatic rings. The molecule has 4 rings (SSSR count). The molecular weight excluding hydrogens is 386 g/mol. The lowest BCUT2D eigenvalue weighted by Crippen LogP contribution is -2.20. The summed E-state index contributed by atoms with van der Waals surface area (Å²) in [5, 5.41) is 13.8. The highest BCUT2D eigenvalue weighted by molar-refractivity contribution is 7.16. The van der Waals surface area contributed by atoms with Crippen molar-refractivity contribution in [3.8, 4) is 6.07 Å². The smallest absolute Gasteiger partial charge is 0.306 e. The first-order chi connectivity index (χ1) is 14.2. The quantitative estimate of drug-likeness (QED) is 0.577. The number of para-hydroxylation sites is 1. The summed E-state index contributed by atoms with van der Waals surface area (Å²) < 4.78 is 5.10. The number of nitrogens with one attached hydrogen (secondary N) is 2. The highest BCUT2D eigenvalue weighted by atomic mass is 32.1. The number of nitriles is 1. The largest absolute Gasteiger partial charge is 0.456 e. The number of benzene rings is 1. The number of aryl methyl sites for hydroxylation is 2. The van der Waals surface area contributed by atoms with Crippen LogP contribution in [0.4, 0.5) is 5.00 Å². The van der Waals surface area contributed by atoms with Crippen molar-refractivity contribution in [3.63, 3.8) is 0 Å². The maximum Gasteiger partial charge on any atom is 0.306 e. The van der Waals surface area contributed by atoms with Crippen LogP contribution >= 0.6 is 11.3 Å². The third-order valence-corrected chi connectivity index (χ3v) is 6.36. The number of H-pyrrole nitrogens is 1. The molecule has 2 aromatic heterocycles. The average Bonchev–Trinajstić information content (AvgIpc) is 3.41. The first-order valence-electron chi connectivity index (χ1n) is 9.71. The van der Waals surface area contributed by atoms with E-state index in [1.807, 2.05) is 24.4 Å². The molecule has 2 heterocycles. The van der Waals surface area contributed by atoms with E-state index in [2.05, 4.69) is 22.4 Å². The molecular formula is C22H21N3O3S. The number of hydrogen-bond donors (Lipinski definition) is 2. The Morgan fingerprint density at radius 3 is 3.00 bits per heavy atom. The van der Waals surface area contributed by atoms with Crippen LogP contribution in [0.25, 0.3) is 10.9 Å². The number of rotatable bonds is 7. The van der Waals surface area contributed by atoms with Gasteiger partial charge in [0.05, 0.1) is 5.56 Å². The van der Waals surface area contributed by atoms with Gasteiger partial charge in [-0.3, -0.25) is 9.59 Å². The molecule has 7 heteroatoms. The zero-order valence-electron chi connectivity index (χ0n) is 15.9. The van der Waals surface area contributed by atoms with E-state index in [0.29, 0.717) is 17.0 Å². The van der Waals surface area contributed by atoms with Crippen LogP contribution in [-0.2, 0) is 33.6 Å². The molecule has 0 unspecified atom stereocenters. The summed E-state index contributed by atoms with van der Waals surface area (Å²) in [4.78, 5) is 28.5. The third-order valence-electron chi connectivity index (χ3n) is 5.15. The molecule has 0 radical (unpaired) electrons. The number of carbonyl (C=O) groups is 2. The molecule has 0 saturated heterocycles. The SMILES string of the molecule is N#Cc1c(NC(=O)COC(=O)CCCc2c[nH]c3ccccc23)sc2c1CCC2.